The number of anilines is 1. The third-order valence-electron chi connectivity index (χ3n) is 1.86. The van der Waals surface area contributed by atoms with Crippen LogP contribution < -0.4 is 5.32 Å². The minimum atomic E-state index is -1.02. The number of aliphatic hydroxyl groups is 1. The van der Waals surface area contributed by atoms with Crippen molar-refractivity contribution in [3.63, 3.8) is 0 Å². The number of rotatable bonds is 4. The first-order chi connectivity index (χ1) is 6.94. The Kier molecular flexibility index (Phi) is 3.26. The molecule has 5 nitrogen and oxygen atoms in total. The maximum atomic E-state index is 10.7. The highest BCUT2D eigenvalue weighted by Crippen LogP contribution is 2.14. The lowest BCUT2D eigenvalue weighted by molar-refractivity contribution is 0.0696. The SMILES string of the molecule is CC(C)(CO)Nc1cncc(C(=O)O)c1. The van der Waals surface area contributed by atoms with Crippen molar-refractivity contribution in [2.75, 3.05) is 11.9 Å². The standard InChI is InChI=1S/C10H14N2O3/c1-10(2,6-13)12-8-3-7(9(14)15)4-11-5-8/h3-5,12-13H,6H2,1-2H3,(H,14,15). The Morgan fingerprint density at radius 1 is 1.53 bits per heavy atom. The predicted octanol–water partition coefficient (Wildman–Crippen LogP) is 0.963. The molecule has 3 N–H and O–H groups in total. The van der Waals surface area contributed by atoms with E-state index < -0.39 is 11.5 Å². The second kappa shape index (κ2) is 4.27. The largest absolute Gasteiger partial charge is 0.478 e. The highest BCUT2D eigenvalue weighted by Gasteiger charge is 2.16. The van der Waals surface area contributed by atoms with Gasteiger partial charge in [-0.25, -0.2) is 4.79 Å². The fourth-order valence-electron chi connectivity index (χ4n) is 1.06. The zero-order chi connectivity index (χ0) is 11.5. The molecule has 1 aromatic rings. The van der Waals surface area contributed by atoms with Crippen LogP contribution in [0.5, 0.6) is 0 Å². The van der Waals surface area contributed by atoms with E-state index in [0.717, 1.165) is 0 Å². The zero-order valence-corrected chi connectivity index (χ0v) is 8.69. The fourth-order valence-corrected chi connectivity index (χ4v) is 1.06. The minimum Gasteiger partial charge on any atom is -0.478 e. The number of nitrogens with zero attached hydrogens (tertiary/aromatic N) is 1. The summed E-state index contributed by atoms with van der Waals surface area (Å²) in [7, 11) is 0. The Labute approximate surface area is 87.8 Å². The third kappa shape index (κ3) is 3.21. The van der Waals surface area contributed by atoms with Crippen LogP contribution in [0.4, 0.5) is 5.69 Å². The number of aromatic nitrogens is 1. The number of carbonyl (C=O) groups is 1. The molecule has 1 rings (SSSR count). The number of hydrogen-bond acceptors (Lipinski definition) is 4. The monoisotopic (exact) mass is 210 g/mol. The normalized spacial score (nSPS) is 11.1. The average Bonchev–Trinajstić information content (AvgIpc) is 2.17. The van der Waals surface area contributed by atoms with Gasteiger partial charge in [0.25, 0.3) is 0 Å². The highest BCUT2D eigenvalue weighted by atomic mass is 16.4. The molecule has 1 aromatic heterocycles. The summed E-state index contributed by atoms with van der Waals surface area (Å²) in [5, 5.41) is 20.8. The first-order valence-electron chi connectivity index (χ1n) is 4.52. The van der Waals surface area contributed by atoms with Crippen LogP contribution in [0.2, 0.25) is 0 Å². The minimum absolute atomic E-state index is 0.0513. The summed E-state index contributed by atoms with van der Waals surface area (Å²) in [6.45, 7) is 3.56. The Morgan fingerprint density at radius 2 is 2.20 bits per heavy atom. The molecule has 0 aliphatic carbocycles. The summed E-state index contributed by atoms with van der Waals surface area (Å²) in [4.78, 5) is 14.5. The van der Waals surface area contributed by atoms with Gasteiger partial charge in [0.1, 0.15) is 0 Å². The molecule has 1 heterocycles. The lowest BCUT2D eigenvalue weighted by Crippen LogP contribution is -2.34. The summed E-state index contributed by atoms with van der Waals surface area (Å²) in [5.41, 5.74) is 0.196. The predicted molar refractivity (Wildman–Crippen MR) is 56.0 cm³/mol. The van der Waals surface area contributed by atoms with Gasteiger partial charge in [-0.2, -0.15) is 0 Å². The van der Waals surface area contributed by atoms with E-state index in [1.165, 1.54) is 18.5 Å². The van der Waals surface area contributed by atoms with Crippen LogP contribution in [0, 0.1) is 0 Å². The Hall–Kier alpha value is -1.62. The van der Waals surface area contributed by atoms with Gasteiger partial charge in [-0.3, -0.25) is 4.98 Å². The van der Waals surface area contributed by atoms with E-state index in [1.807, 2.05) is 0 Å². The van der Waals surface area contributed by atoms with Crippen LogP contribution in [0.1, 0.15) is 24.2 Å². The molecule has 82 valence electrons. The van der Waals surface area contributed by atoms with Crippen molar-refractivity contribution in [2.24, 2.45) is 0 Å². The summed E-state index contributed by atoms with van der Waals surface area (Å²) >= 11 is 0. The number of aromatic carboxylic acids is 1. The van der Waals surface area contributed by atoms with Gasteiger partial charge in [0, 0.05) is 12.4 Å². The molecule has 0 aliphatic heterocycles. The number of carboxylic acids is 1. The summed E-state index contributed by atoms with van der Waals surface area (Å²) in [5.74, 6) is -1.02. The van der Waals surface area contributed by atoms with Crippen molar-refractivity contribution >= 4 is 11.7 Å². The van der Waals surface area contributed by atoms with Crippen molar-refractivity contribution in [1.82, 2.24) is 4.98 Å². The van der Waals surface area contributed by atoms with Crippen LogP contribution in [-0.2, 0) is 0 Å². The second-order valence-electron chi connectivity index (χ2n) is 3.93. The molecule has 0 saturated heterocycles. The van der Waals surface area contributed by atoms with E-state index in [1.54, 1.807) is 13.8 Å². The molecular weight excluding hydrogens is 196 g/mol. The zero-order valence-electron chi connectivity index (χ0n) is 8.69. The van der Waals surface area contributed by atoms with Crippen molar-refractivity contribution < 1.29 is 15.0 Å². The van der Waals surface area contributed by atoms with Crippen molar-refractivity contribution in [2.45, 2.75) is 19.4 Å². The van der Waals surface area contributed by atoms with Crippen molar-refractivity contribution in [3.8, 4) is 0 Å². The Balaban J connectivity index is 2.87. The first kappa shape index (κ1) is 11.5. The molecule has 0 saturated carbocycles. The molecular formula is C10H14N2O3. The van der Waals surface area contributed by atoms with Crippen LogP contribution in [-0.4, -0.2) is 33.3 Å². The molecule has 0 bridgehead atoms. The van der Waals surface area contributed by atoms with Gasteiger partial charge in [0.2, 0.25) is 0 Å². The molecule has 0 amide bonds. The van der Waals surface area contributed by atoms with Gasteiger partial charge in [0.15, 0.2) is 0 Å². The van der Waals surface area contributed by atoms with Gasteiger partial charge in [-0.05, 0) is 19.9 Å². The Bertz CT molecular complexity index is 363. The topological polar surface area (TPSA) is 82.5 Å². The number of carboxylic acid groups (broad SMARTS) is 1. The highest BCUT2D eigenvalue weighted by molar-refractivity contribution is 5.88. The van der Waals surface area contributed by atoms with Crippen LogP contribution >= 0.6 is 0 Å². The van der Waals surface area contributed by atoms with Crippen LogP contribution in [0.15, 0.2) is 18.5 Å². The lowest BCUT2D eigenvalue weighted by Gasteiger charge is -2.24. The molecule has 0 fully saturated rings. The number of hydrogen-bond donors (Lipinski definition) is 3. The van der Waals surface area contributed by atoms with Crippen LogP contribution in [0.3, 0.4) is 0 Å². The number of nitrogens with one attached hydrogen (secondary N) is 1. The lowest BCUT2D eigenvalue weighted by atomic mass is 10.1. The van der Waals surface area contributed by atoms with Gasteiger partial charge in [-0.15, -0.1) is 0 Å². The Morgan fingerprint density at radius 3 is 2.73 bits per heavy atom. The molecule has 0 aromatic carbocycles. The molecule has 15 heavy (non-hydrogen) atoms. The quantitative estimate of drug-likeness (QED) is 0.689. The van der Waals surface area contributed by atoms with Gasteiger partial charge >= 0.3 is 5.97 Å². The molecule has 5 heteroatoms. The van der Waals surface area contributed by atoms with E-state index in [9.17, 15) is 4.79 Å². The smallest absolute Gasteiger partial charge is 0.337 e. The van der Waals surface area contributed by atoms with Crippen molar-refractivity contribution in [1.29, 1.82) is 0 Å². The van der Waals surface area contributed by atoms with Gasteiger partial charge in [0.05, 0.1) is 23.4 Å². The molecule has 0 spiro atoms. The maximum absolute atomic E-state index is 10.7. The average molecular weight is 210 g/mol. The van der Waals surface area contributed by atoms with E-state index in [0.29, 0.717) is 5.69 Å². The van der Waals surface area contributed by atoms with Gasteiger partial charge < -0.3 is 15.5 Å². The molecule has 0 radical (unpaired) electrons. The number of aliphatic hydroxyl groups excluding tert-OH is 1. The van der Waals surface area contributed by atoms with Gasteiger partial charge in [-0.1, -0.05) is 0 Å². The number of pyridine rings is 1. The van der Waals surface area contributed by atoms with E-state index in [-0.39, 0.29) is 12.2 Å². The summed E-state index contributed by atoms with van der Waals surface area (Å²) in [6, 6.07) is 1.48. The molecule has 0 aliphatic rings. The summed E-state index contributed by atoms with van der Waals surface area (Å²) in [6.07, 6.45) is 2.79. The van der Waals surface area contributed by atoms with Crippen molar-refractivity contribution in [3.05, 3.63) is 24.0 Å². The second-order valence-corrected chi connectivity index (χ2v) is 3.93. The van der Waals surface area contributed by atoms with Crippen LogP contribution in [0.25, 0.3) is 0 Å². The van der Waals surface area contributed by atoms with E-state index in [4.69, 9.17) is 10.2 Å². The maximum Gasteiger partial charge on any atom is 0.337 e. The fraction of sp³-hybridized carbons (Fsp3) is 0.400. The molecule has 0 unspecified atom stereocenters. The summed E-state index contributed by atoms with van der Waals surface area (Å²) < 4.78 is 0. The molecule has 0 atom stereocenters. The van der Waals surface area contributed by atoms with E-state index >= 15 is 0 Å². The third-order valence-corrected chi connectivity index (χ3v) is 1.86. The first-order valence-corrected chi connectivity index (χ1v) is 4.52. The van der Waals surface area contributed by atoms with E-state index in [2.05, 4.69) is 10.3 Å².